The summed E-state index contributed by atoms with van der Waals surface area (Å²) in [5.74, 6) is 0. The van der Waals surface area contributed by atoms with Gasteiger partial charge < -0.3 is 4.98 Å². The quantitative estimate of drug-likeness (QED) is 0.641. The van der Waals surface area contributed by atoms with Crippen molar-refractivity contribution in [2.24, 2.45) is 0 Å². The lowest BCUT2D eigenvalue weighted by molar-refractivity contribution is 0.726. The van der Waals surface area contributed by atoms with Gasteiger partial charge in [-0.2, -0.15) is 0 Å². The van der Waals surface area contributed by atoms with Crippen LogP contribution in [0.2, 0.25) is 0 Å². The first-order chi connectivity index (χ1) is 8.75. The molecule has 0 saturated heterocycles. The third-order valence-corrected chi connectivity index (χ3v) is 3.12. The Morgan fingerprint density at radius 2 is 1.78 bits per heavy atom. The number of hydrogen-bond donors (Lipinski definition) is 2. The average Bonchev–Trinajstić information content (AvgIpc) is 2.38. The number of aryl methyl sites for hydroxylation is 2. The zero-order valence-electron chi connectivity index (χ0n) is 10.1. The van der Waals surface area contributed by atoms with Crippen molar-refractivity contribution in [3.8, 4) is 0 Å². The van der Waals surface area contributed by atoms with E-state index < -0.39 is 0 Å². The second kappa shape index (κ2) is 6.31. The molecule has 1 aromatic heterocycles. The summed E-state index contributed by atoms with van der Waals surface area (Å²) in [6, 6.07) is 10.4. The molecule has 0 atom stereocenters. The topological polar surface area (TPSA) is 48.6 Å². The van der Waals surface area contributed by atoms with E-state index in [-0.39, 0.29) is 5.56 Å². The molecule has 0 amide bonds. The lowest BCUT2D eigenvalue weighted by Gasteiger charge is -2.01. The van der Waals surface area contributed by atoms with Gasteiger partial charge in [0.25, 0.3) is 5.56 Å². The van der Waals surface area contributed by atoms with Crippen LogP contribution in [0, 0.1) is 4.77 Å². The summed E-state index contributed by atoms with van der Waals surface area (Å²) >= 11 is 4.85. The molecule has 0 aliphatic heterocycles. The third kappa shape index (κ3) is 3.67. The summed E-state index contributed by atoms with van der Waals surface area (Å²) < 4.78 is 0.382. The van der Waals surface area contributed by atoms with Gasteiger partial charge in [0.2, 0.25) is 0 Å². The highest BCUT2D eigenvalue weighted by molar-refractivity contribution is 7.71. The Morgan fingerprint density at radius 1 is 1.06 bits per heavy atom. The van der Waals surface area contributed by atoms with Crippen LogP contribution >= 0.6 is 12.2 Å². The van der Waals surface area contributed by atoms with Gasteiger partial charge in [0.05, 0.1) is 0 Å². The largest absolute Gasteiger partial charge is 0.338 e. The van der Waals surface area contributed by atoms with Gasteiger partial charge in [-0.25, -0.2) is 0 Å². The first-order valence-corrected chi connectivity index (χ1v) is 6.51. The van der Waals surface area contributed by atoms with Crippen molar-refractivity contribution in [1.29, 1.82) is 0 Å². The van der Waals surface area contributed by atoms with Crippen molar-refractivity contribution in [1.82, 2.24) is 9.97 Å². The number of rotatable bonds is 5. The van der Waals surface area contributed by atoms with Gasteiger partial charge in [-0.15, -0.1) is 0 Å². The Morgan fingerprint density at radius 3 is 2.50 bits per heavy atom. The van der Waals surface area contributed by atoms with Gasteiger partial charge in [-0.1, -0.05) is 30.3 Å². The second-order valence-electron chi connectivity index (χ2n) is 4.29. The maximum absolute atomic E-state index is 11.6. The lowest BCUT2D eigenvalue weighted by atomic mass is 10.1. The summed E-state index contributed by atoms with van der Waals surface area (Å²) in [5.41, 5.74) is 2.05. The summed E-state index contributed by atoms with van der Waals surface area (Å²) in [5, 5.41) is 0. The number of benzene rings is 1. The molecular formula is C14H16N2OS. The average molecular weight is 260 g/mol. The molecule has 2 rings (SSSR count). The maximum Gasteiger partial charge on any atom is 0.254 e. The van der Waals surface area contributed by atoms with E-state index in [9.17, 15) is 4.79 Å². The van der Waals surface area contributed by atoms with E-state index in [0.717, 1.165) is 31.2 Å². The van der Waals surface area contributed by atoms with Crippen LogP contribution in [0.1, 0.15) is 24.0 Å². The fourth-order valence-electron chi connectivity index (χ4n) is 1.91. The molecule has 0 unspecified atom stereocenters. The van der Waals surface area contributed by atoms with Crippen molar-refractivity contribution in [2.75, 3.05) is 0 Å². The standard InChI is InChI=1S/C14H16N2OS/c17-13-12(10-15-14(18)16-13)9-5-4-8-11-6-2-1-3-7-11/h1-3,6-7,10H,4-5,8-9H2,(H2,15,16,17,18). The van der Waals surface area contributed by atoms with E-state index in [2.05, 4.69) is 34.2 Å². The number of nitrogens with one attached hydrogen (secondary N) is 2. The Balaban J connectivity index is 1.82. The smallest absolute Gasteiger partial charge is 0.254 e. The van der Waals surface area contributed by atoms with Gasteiger partial charge in [0.1, 0.15) is 0 Å². The van der Waals surface area contributed by atoms with Crippen molar-refractivity contribution in [2.45, 2.75) is 25.7 Å². The SMILES string of the molecule is O=c1[nH]c(=S)[nH]cc1CCCCc1ccccc1. The highest BCUT2D eigenvalue weighted by Crippen LogP contribution is 2.06. The monoisotopic (exact) mass is 260 g/mol. The molecule has 0 aliphatic rings. The minimum atomic E-state index is -0.0709. The molecule has 0 aliphatic carbocycles. The zero-order valence-corrected chi connectivity index (χ0v) is 10.9. The third-order valence-electron chi connectivity index (χ3n) is 2.90. The Labute approximate surface area is 111 Å². The predicted octanol–water partition coefficient (Wildman–Crippen LogP) is 3.00. The first kappa shape index (κ1) is 12.8. The van der Waals surface area contributed by atoms with Crippen LogP contribution in [0.25, 0.3) is 0 Å². The van der Waals surface area contributed by atoms with Crippen LogP contribution in [-0.4, -0.2) is 9.97 Å². The lowest BCUT2D eigenvalue weighted by Crippen LogP contribution is -2.13. The van der Waals surface area contributed by atoms with E-state index in [1.807, 2.05) is 6.07 Å². The Bertz CT molecular complexity index is 601. The highest BCUT2D eigenvalue weighted by atomic mass is 32.1. The van der Waals surface area contributed by atoms with Crippen molar-refractivity contribution in [3.63, 3.8) is 0 Å². The fraction of sp³-hybridized carbons (Fsp3) is 0.286. The molecule has 0 spiro atoms. The van der Waals surface area contributed by atoms with Crippen LogP contribution in [0.4, 0.5) is 0 Å². The van der Waals surface area contributed by atoms with E-state index >= 15 is 0 Å². The zero-order chi connectivity index (χ0) is 12.8. The summed E-state index contributed by atoms with van der Waals surface area (Å²) in [6.45, 7) is 0. The molecule has 0 fully saturated rings. The van der Waals surface area contributed by atoms with E-state index in [0.29, 0.717) is 4.77 Å². The number of aromatic nitrogens is 2. The van der Waals surface area contributed by atoms with Crippen LogP contribution in [0.15, 0.2) is 41.3 Å². The minimum Gasteiger partial charge on any atom is -0.338 e. The van der Waals surface area contributed by atoms with Gasteiger partial charge in [-0.3, -0.25) is 9.78 Å². The van der Waals surface area contributed by atoms with Gasteiger partial charge in [0, 0.05) is 11.8 Å². The van der Waals surface area contributed by atoms with E-state index in [1.165, 1.54) is 5.56 Å². The molecule has 3 nitrogen and oxygen atoms in total. The molecule has 0 bridgehead atoms. The molecule has 0 saturated carbocycles. The number of hydrogen-bond acceptors (Lipinski definition) is 2. The van der Waals surface area contributed by atoms with E-state index in [4.69, 9.17) is 12.2 Å². The van der Waals surface area contributed by atoms with Gasteiger partial charge >= 0.3 is 0 Å². The van der Waals surface area contributed by atoms with Crippen LogP contribution < -0.4 is 5.56 Å². The normalized spacial score (nSPS) is 10.4. The van der Waals surface area contributed by atoms with Gasteiger partial charge in [-0.05, 0) is 43.5 Å². The number of aromatic amines is 2. The molecule has 4 heteroatoms. The van der Waals surface area contributed by atoms with E-state index in [1.54, 1.807) is 6.20 Å². The number of unbranched alkanes of at least 4 members (excludes halogenated alkanes) is 1. The molecule has 1 aromatic carbocycles. The Hall–Kier alpha value is -1.68. The molecular weight excluding hydrogens is 244 g/mol. The highest BCUT2D eigenvalue weighted by Gasteiger charge is 1.99. The molecule has 18 heavy (non-hydrogen) atoms. The van der Waals surface area contributed by atoms with Crippen LogP contribution in [0.3, 0.4) is 0 Å². The Kier molecular flexibility index (Phi) is 4.47. The van der Waals surface area contributed by atoms with Crippen molar-refractivity contribution >= 4 is 12.2 Å². The van der Waals surface area contributed by atoms with Crippen molar-refractivity contribution in [3.05, 3.63) is 62.8 Å². The molecule has 94 valence electrons. The van der Waals surface area contributed by atoms with Gasteiger partial charge in [0.15, 0.2) is 4.77 Å². The molecule has 2 aromatic rings. The minimum absolute atomic E-state index is 0.0709. The fourth-order valence-corrected chi connectivity index (χ4v) is 2.06. The first-order valence-electron chi connectivity index (χ1n) is 6.10. The predicted molar refractivity (Wildman–Crippen MR) is 75.3 cm³/mol. The number of H-pyrrole nitrogens is 2. The molecule has 1 heterocycles. The van der Waals surface area contributed by atoms with Crippen LogP contribution in [-0.2, 0) is 12.8 Å². The van der Waals surface area contributed by atoms with Crippen molar-refractivity contribution < 1.29 is 0 Å². The maximum atomic E-state index is 11.6. The summed E-state index contributed by atoms with van der Waals surface area (Å²) in [7, 11) is 0. The second-order valence-corrected chi connectivity index (χ2v) is 4.70. The molecule has 2 N–H and O–H groups in total. The summed E-state index contributed by atoms with van der Waals surface area (Å²) in [6.07, 6.45) is 5.64. The molecule has 0 radical (unpaired) electrons. The summed E-state index contributed by atoms with van der Waals surface area (Å²) in [4.78, 5) is 17.0. The van der Waals surface area contributed by atoms with Crippen LogP contribution in [0.5, 0.6) is 0 Å².